The van der Waals surface area contributed by atoms with E-state index in [4.69, 9.17) is 30.8 Å². The smallest absolute Gasteiger partial charge is 0.270 e. The van der Waals surface area contributed by atoms with Crippen molar-refractivity contribution >= 4 is 23.3 Å². The molecule has 1 aromatic carbocycles. The topological polar surface area (TPSA) is 118 Å². The molecule has 1 atom stereocenters. The monoisotopic (exact) mass is 547 g/mol. The van der Waals surface area contributed by atoms with Gasteiger partial charge in [-0.2, -0.15) is 0 Å². The predicted molar refractivity (Wildman–Crippen MR) is 146 cm³/mol. The van der Waals surface area contributed by atoms with Gasteiger partial charge in [0.2, 0.25) is 0 Å². The van der Waals surface area contributed by atoms with E-state index in [1.54, 1.807) is 31.3 Å². The van der Waals surface area contributed by atoms with Crippen molar-refractivity contribution in [2.75, 3.05) is 65.1 Å². The molecule has 2 aromatic rings. The first-order valence-corrected chi connectivity index (χ1v) is 13.6. The third-order valence-corrected chi connectivity index (χ3v) is 7.17. The van der Waals surface area contributed by atoms with Gasteiger partial charge in [-0.05, 0) is 56.8 Å². The highest BCUT2D eigenvalue weighted by Gasteiger charge is 2.23. The lowest BCUT2D eigenvalue weighted by Crippen LogP contribution is -2.37. The number of carbonyl (C=O) groups excluding carboxylic acids is 1. The Kier molecular flexibility index (Phi) is 10.5. The molecule has 208 valence electrons. The number of nitrogens with zero attached hydrogens (tertiary/aromatic N) is 3. The Morgan fingerprint density at radius 3 is 2.55 bits per heavy atom. The first-order chi connectivity index (χ1) is 18.4. The molecule has 0 radical (unpaired) electrons. The molecule has 3 heterocycles. The summed E-state index contributed by atoms with van der Waals surface area (Å²) < 4.78 is 16.7. The normalized spacial score (nSPS) is 17.7. The number of likely N-dealkylation sites (N-methyl/N-ethyl adjacent to an activating group) is 1. The highest BCUT2D eigenvalue weighted by atomic mass is 35.5. The van der Waals surface area contributed by atoms with E-state index in [0.717, 1.165) is 38.9 Å². The molecule has 1 amide bonds. The second-order valence-electron chi connectivity index (χ2n) is 9.85. The molecular formula is C27H38ClN5O5. The van der Waals surface area contributed by atoms with Gasteiger partial charge in [-0.25, -0.2) is 9.97 Å². The summed E-state index contributed by atoms with van der Waals surface area (Å²) in [6, 6.07) is 7.19. The molecule has 11 heteroatoms. The third kappa shape index (κ3) is 8.00. The van der Waals surface area contributed by atoms with Gasteiger partial charge in [-0.15, -0.1) is 0 Å². The van der Waals surface area contributed by atoms with Crippen LogP contribution < -0.4 is 20.3 Å². The quantitative estimate of drug-likeness (QED) is 0.390. The Hall–Kier alpha value is -2.50. The van der Waals surface area contributed by atoms with Crippen LogP contribution in [0.3, 0.4) is 0 Å². The molecule has 2 aliphatic heterocycles. The summed E-state index contributed by atoms with van der Waals surface area (Å²) in [5.41, 5.74) is 0.916. The summed E-state index contributed by atoms with van der Waals surface area (Å²) in [5.74, 6) is 1.67. The first-order valence-electron chi connectivity index (χ1n) is 13.2. The van der Waals surface area contributed by atoms with Gasteiger partial charge in [-0.1, -0.05) is 11.6 Å². The fourth-order valence-electron chi connectivity index (χ4n) is 4.66. The van der Waals surface area contributed by atoms with Crippen molar-refractivity contribution in [1.82, 2.24) is 20.6 Å². The number of anilines is 1. The van der Waals surface area contributed by atoms with Crippen LogP contribution in [0, 0.1) is 5.92 Å². The minimum atomic E-state index is -0.666. The van der Waals surface area contributed by atoms with Crippen LogP contribution in [-0.4, -0.2) is 93.3 Å². The summed E-state index contributed by atoms with van der Waals surface area (Å²) >= 11 is 6.41. The Labute approximate surface area is 229 Å². The number of carbonyl (C=O) groups is 1. The van der Waals surface area contributed by atoms with E-state index >= 15 is 0 Å². The lowest BCUT2D eigenvalue weighted by Gasteiger charge is -2.32. The van der Waals surface area contributed by atoms with Crippen molar-refractivity contribution < 1.29 is 24.1 Å². The fourth-order valence-corrected chi connectivity index (χ4v) is 4.89. The maximum absolute atomic E-state index is 13.2. The lowest BCUT2D eigenvalue weighted by atomic mass is 10.0. The molecule has 38 heavy (non-hydrogen) atoms. The Balaban J connectivity index is 1.60. The van der Waals surface area contributed by atoms with E-state index < -0.39 is 6.10 Å². The molecule has 0 bridgehead atoms. The van der Waals surface area contributed by atoms with Crippen LogP contribution >= 0.6 is 11.6 Å². The van der Waals surface area contributed by atoms with Gasteiger partial charge in [0.05, 0.1) is 0 Å². The van der Waals surface area contributed by atoms with Gasteiger partial charge in [0.25, 0.3) is 5.91 Å². The molecule has 4 rings (SSSR count). The molecule has 2 fully saturated rings. The van der Waals surface area contributed by atoms with Crippen LogP contribution in [0.5, 0.6) is 5.75 Å². The van der Waals surface area contributed by atoms with Gasteiger partial charge in [0.15, 0.2) is 5.82 Å². The SMILES string of the molecule is CNCC(O)COc1cc(Cl)cc(-c2nc(C(=O)NCC3CCOCC3)cc(N(C)C3CCOCC3)n2)c1. The van der Waals surface area contributed by atoms with Gasteiger partial charge < -0.3 is 34.9 Å². The summed E-state index contributed by atoms with van der Waals surface area (Å²) in [6.07, 6.45) is 2.96. The van der Waals surface area contributed by atoms with Crippen molar-refractivity contribution in [2.45, 2.75) is 37.8 Å². The average Bonchev–Trinajstić information content (AvgIpc) is 2.95. The van der Waals surface area contributed by atoms with Crippen LogP contribution in [0.1, 0.15) is 36.2 Å². The number of ether oxygens (including phenoxy) is 3. The molecule has 0 aliphatic carbocycles. The third-order valence-electron chi connectivity index (χ3n) is 6.95. The minimum absolute atomic E-state index is 0.105. The maximum atomic E-state index is 13.2. The van der Waals surface area contributed by atoms with Gasteiger partial charge in [0.1, 0.15) is 30.0 Å². The molecule has 2 saturated heterocycles. The molecule has 2 aliphatic rings. The Morgan fingerprint density at radius 2 is 1.84 bits per heavy atom. The Morgan fingerprint density at radius 1 is 1.13 bits per heavy atom. The average molecular weight is 548 g/mol. The number of halogens is 1. The number of rotatable bonds is 11. The van der Waals surface area contributed by atoms with Gasteiger partial charge >= 0.3 is 0 Å². The largest absolute Gasteiger partial charge is 0.491 e. The Bertz CT molecular complexity index is 1060. The molecule has 3 N–H and O–H groups in total. The number of aliphatic hydroxyl groups excluding tert-OH is 1. The molecule has 0 saturated carbocycles. The predicted octanol–water partition coefficient (Wildman–Crippen LogP) is 2.53. The van der Waals surface area contributed by atoms with Gasteiger partial charge in [-0.3, -0.25) is 4.79 Å². The van der Waals surface area contributed by atoms with Crippen LogP contribution in [0.2, 0.25) is 5.02 Å². The molecule has 10 nitrogen and oxygen atoms in total. The zero-order chi connectivity index (χ0) is 26.9. The second kappa shape index (κ2) is 14.0. The van der Waals surface area contributed by atoms with Crippen LogP contribution in [0.25, 0.3) is 11.4 Å². The van der Waals surface area contributed by atoms with Crippen LogP contribution in [0.4, 0.5) is 5.82 Å². The maximum Gasteiger partial charge on any atom is 0.270 e. The van der Waals surface area contributed by atoms with E-state index in [1.165, 1.54) is 0 Å². The molecule has 1 aromatic heterocycles. The van der Waals surface area contributed by atoms with Crippen LogP contribution in [-0.2, 0) is 9.47 Å². The second-order valence-corrected chi connectivity index (χ2v) is 10.3. The van der Waals surface area contributed by atoms with E-state index in [1.807, 2.05) is 7.05 Å². The van der Waals surface area contributed by atoms with E-state index in [-0.39, 0.29) is 18.6 Å². The van der Waals surface area contributed by atoms with E-state index in [9.17, 15) is 9.90 Å². The highest BCUT2D eigenvalue weighted by Crippen LogP contribution is 2.29. The number of hydrogen-bond donors (Lipinski definition) is 3. The van der Waals surface area contributed by atoms with Crippen molar-refractivity contribution in [2.24, 2.45) is 5.92 Å². The van der Waals surface area contributed by atoms with Crippen LogP contribution in [0.15, 0.2) is 24.3 Å². The lowest BCUT2D eigenvalue weighted by molar-refractivity contribution is 0.0642. The van der Waals surface area contributed by atoms with E-state index in [0.29, 0.717) is 65.9 Å². The van der Waals surface area contributed by atoms with Crippen molar-refractivity contribution in [1.29, 1.82) is 0 Å². The molecule has 1 unspecified atom stereocenters. The molecule has 0 spiro atoms. The summed E-state index contributed by atoms with van der Waals surface area (Å²) in [4.78, 5) is 24.8. The number of nitrogens with one attached hydrogen (secondary N) is 2. The zero-order valence-electron chi connectivity index (χ0n) is 22.1. The summed E-state index contributed by atoms with van der Waals surface area (Å²) in [7, 11) is 3.75. The van der Waals surface area contributed by atoms with Crippen molar-refractivity contribution in [3.8, 4) is 17.1 Å². The summed E-state index contributed by atoms with van der Waals surface area (Å²) in [5, 5.41) is 16.4. The number of amides is 1. The fraction of sp³-hybridized carbons (Fsp3) is 0.593. The summed E-state index contributed by atoms with van der Waals surface area (Å²) in [6.45, 7) is 3.93. The number of aliphatic hydroxyl groups is 1. The van der Waals surface area contributed by atoms with E-state index in [2.05, 4.69) is 20.5 Å². The minimum Gasteiger partial charge on any atom is -0.491 e. The number of aromatic nitrogens is 2. The number of hydrogen-bond acceptors (Lipinski definition) is 9. The molecular weight excluding hydrogens is 510 g/mol. The van der Waals surface area contributed by atoms with Gasteiger partial charge in [0, 0.05) is 69.3 Å². The zero-order valence-corrected chi connectivity index (χ0v) is 22.9. The highest BCUT2D eigenvalue weighted by molar-refractivity contribution is 6.31. The number of benzene rings is 1. The first kappa shape index (κ1) is 28.5. The van der Waals surface area contributed by atoms with Crippen molar-refractivity contribution in [3.05, 3.63) is 35.0 Å². The van der Waals surface area contributed by atoms with Crippen molar-refractivity contribution in [3.63, 3.8) is 0 Å². The standard InChI is InChI=1S/C27H38ClN5O5/c1-29-16-22(34)17-38-23-12-19(11-20(28)13-23)26-31-24(27(35)30-15-18-3-7-36-8-4-18)14-25(32-26)33(2)21-5-9-37-10-6-21/h11-14,18,21-22,29,34H,3-10,15-17H2,1-2H3,(H,30,35).